The molecule has 1 aromatic carbocycles. The zero-order chi connectivity index (χ0) is 9.38. The minimum atomic E-state index is -0.442. The van der Waals surface area contributed by atoms with Gasteiger partial charge in [-0.2, -0.15) is 0 Å². The van der Waals surface area contributed by atoms with E-state index in [0.717, 1.165) is 11.5 Å². The topological polar surface area (TPSA) is 47.1 Å². The average Bonchev–Trinajstić information content (AvgIpc) is 2.86. The monoisotopic (exact) mass is 186 g/mol. The third-order valence-corrected chi connectivity index (χ3v) is 2.06. The lowest BCUT2D eigenvalue weighted by molar-refractivity contribution is 0.515. The molecule has 14 heavy (non-hydrogen) atoms. The third-order valence-electron chi connectivity index (χ3n) is 2.06. The minimum absolute atomic E-state index is 0.442. The zero-order valence-electron chi connectivity index (χ0n) is 7.31. The molecule has 5 heteroatoms. The number of fused-ring (bicyclic) bond motifs is 1. The molecule has 0 fully saturated rings. The summed E-state index contributed by atoms with van der Waals surface area (Å²) < 4.78 is 11.1. The van der Waals surface area contributed by atoms with Gasteiger partial charge in [0, 0.05) is 12.4 Å². The van der Waals surface area contributed by atoms with Crippen molar-refractivity contribution in [3.05, 3.63) is 36.7 Å². The van der Waals surface area contributed by atoms with Crippen LogP contribution in [0.15, 0.2) is 36.7 Å². The lowest BCUT2D eigenvalue weighted by atomic mass is 9.90. The Morgan fingerprint density at radius 1 is 1.14 bits per heavy atom. The summed E-state index contributed by atoms with van der Waals surface area (Å²) in [6.45, 7) is 0. The molecule has 3 rings (SSSR count). The SMILES string of the molecule is c1ccc2c(c1)OB(c1ncc[nH]1)O2. The quantitative estimate of drug-likeness (QED) is 0.662. The average molecular weight is 186 g/mol. The number of benzene rings is 1. The Bertz CT molecular complexity index is 419. The Hall–Kier alpha value is -1.91. The highest BCUT2D eigenvalue weighted by Crippen LogP contribution is 2.31. The van der Waals surface area contributed by atoms with Crippen molar-refractivity contribution in [1.82, 2.24) is 9.97 Å². The summed E-state index contributed by atoms with van der Waals surface area (Å²) in [6.07, 6.45) is 3.41. The lowest BCUT2D eigenvalue weighted by Crippen LogP contribution is -2.41. The van der Waals surface area contributed by atoms with Crippen LogP contribution in [0.5, 0.6) is 11.5 Å². The molecule has 1 aromatic heterocycles. The van der Waals surface area contributed by atoms with Gasteiger partial charge in [-0.05, 0) is 12.1 Å². The Morgan fingerprint density at radius 2 is 1.86 bits per heavy atom. The lowest BCUT2D eigenvalue weighted by Gasteiger charge is -1.99. The van der Waals surface area contributed by atoms with Crippen LogP contribution in [0.1, 0.15) is 0 Å². The Labute approximate surface area is 81.0 Å². The first-order valence-corrected chi connectivity index (χ1v) is 4.35. The van der Waals surface area contributed by atoms with Gasteiger partial charge in [0.1, 0.15) is 11.5 Å². The third kappa shape index (κ3) is 1.06. The molecule has 2 heterocycles. The molecule has 68 valence electrons. The van der Waals surface area contributed by atoms with Gasteiger partial charge in [-0.25, -0.2) is 4.98 Å². The fraction of sp³-hybridized carbons (Fsp3) is 0. The number of aromatic amines is 1. The highest BCUT2D eigenvalue weighted by atomic mass is 16.6. The van der Waals surface area contributed by atoms with E-state index in [1.54, 1.807) is 12.4 Å². The largest absolute Gasteiger partial charge is 0.670 e. The van der Waals surface area contributed by atoms with E-state index in [0.29, 0.717) is 5.72 Å². The predicted octanol–water partition coefficient (Wildman–Crippen LogP) is 0.576. The minimum Gasteiger partial charge on any atom is -0.517 e. The molecule has 0 radical (unpaired) electrons. The van der Waals surface area contributed by atoms with Gasteiger partial charge in [0.05, 0.1) is 0 Å². The summed E-state index contributed by atoms with van der Waals surface area (Å²) in [5, 5.41) is 0. The molecule has 0 saturated carbocycles. The maximum Gasteiger partial charge on any atom is 0.670 e. The van der Waals surface area contributed by atoms with Crippen LogP contribution < -0.4 is 15.0 Å². The standard InChI is InChI=1S/C9H7BN2O2/c1-2-4-8-7(3-1)13-10(14-8)9-11-5-6-12-9/h1-6H,(H,11,12). The molecular formula is C9H7BN2O2. The highest BCUT2D eigenvalue weighted by molar-refractivity contribution is 6.61. The summed E-state index contributed by atoms with van der Waals surface area (Å²) in [7, 11) is -0.442. The van der Waals surface area contributed by atoms with E-state index >= 15 is 0 Å². The second kappa shape index (κ2) is 2.80. The van der Waals surface area contributed by atoms with Gasteiger partial charge in [-0.3, -0.25) is 0 Å². The van der Waals surface area contributed by atoms with E-state index in [9.17, 15) is 0 Å². The zero-order valence-corrected chi connectivity index (χ0v) is 7.31. The van der Waals surface area contributed by atoms with Crippen molar-refractivity contribution >= 4 is 12.8 Å². The van der Waals surface area contributed by atoms with Crippen molar-refractivity contribution in [2.45, 2.75) is 0 Å². The van der Waals surface area contributed by atoms with Crippen molar-refractivity contribution in [3.8, 4) is 11.5 Å². The van der Waals surface area contributed by atoms with E-state index in [-0.39, 0.29) is 0 Å². The normalized spacial score (nSPS) is 13.3. The fourth-order valence-electron chi connectivity index (χ4n) is 1.42. The van der Waals surface area contributed by atoms with Crippen LogP contribution in [0.3, 0.4) is 0 Å². The molecule has 1 aliphatic rings. The molecule has 0 saturated heterocycles. The van der Waals surface area contributed by atoms with Gasteiger partial charge in [0.2, 0.25) is 0 Å². The number of rotatable bonds is 1. The molecule has 0 spiro atoms. The summed E-state index contributed by atoms with van der Waals surface area (Å²) >= 11 is 0. The van der Waals surface area contributed by atoms with E-state index in [2.05, 4.69) is 9.97 Å². The van der Waals surface area contributed by atoms with Gasteiger partial charge in [-0.15, -0.1) is 0 Å². The van der Waals surface area contributed by atoms with E-state index in [4.69, 9.17) is 9.31 Å². The molecule has 0 bridgehead atoms. The second-order valence-electron chi connectivity index (χ2n) is 2.99. The number of nitrogens with zero attached hydrogens (tertiary/aromatic N) is 1. The van der Waals surface area contributed by atoms with Gasteiger partial charge < -0.3 is 14.3 Å². The van der Waals surface area contributed by atoms with E-state index in [1.807, 2.05) is 24.3 Å². The van der Waals surface area contributed by atoms with Crippen LogP contribution in [-0.4, -0.2) is 17.1 Å². The molecule has 1 N–H and O–H groups in total. The molecule has 0 amide bonds. The van der Waals surface area contributed by atoms with Crippen molar-refractivity contribution in [2.75, 3.05) is 0 Å². The molecule has 2 aromatic rings. The summed E-state index contributed by atoms with van der Waals surface area (Å²) in [6, 6.07) is 7.57. The number of hydrogen-bond acceptors (Lipinski definition) is 3. The van der Waals surface area contributed by atoms with Gasteiger partial charge in [0.15, 0.2) is 5.72 Å². The molecule has 0 atom stereocenters. The van der Waals surface area contributed by atoms with Crippen molar-refractivity contribution in [3.63, 3.8) is 0 Å². The van der Waals surface area contributed by atoms with Crippen LogP contribution in [0.25, 0.3) is 0 Å². The first kappa shape index (κ1) is 7.49. The summed E-state index contributed by atoms with van der Waals surface area (Å²) in [4.78, 5) is 7.03. The predicted molar refractivity (Wildman–Crippen MR) is 51.7 cm³/mol. The van der Waals surface area contributed by atoms with Crippen LogP contribution in [0, 0.1) is 0 Å². The number of nitrogens with one attached hydrogen (secondary N) is 1. The van der Waals surface area contributed by atoms with E-state index in [1.165, 1.54) is 0 Å². The molecule has 0 aliphatic carbocycles. The van der Waals surface area contributed by atoms with Gasteiger partial charge in [-0.1, -0.05) is 12.1 Å². The Morgan fingerprint density at radius 3 is 2.43 bits per heavy atom. The highest BCUT2D eigenvalue weighted by Gasteiger charge is 2.36. The fourth-order valence-corrected chi connectivity index (χ4v) is 1.42. The van der Waals surface area contributed by atoms with Gasteiger partial charge >= 0.3 is 7.12 Å². The van der Waals surface area contributed by atoms with Crippen LogP contribution in [0.4, 0.5) is 0 Å². The van der Waals surface area contributed by atoms with Crippen molar-refractivity contribution < 1.29 is 9.31 Å². The number of imidazole rings is 1. The van der Waals surface area contributed by atoms with Crippen LogP contribution >= 0.6 is 0 Å². The maximum absolute atomic E-state index is 5.54. The maximum atomic E-state index is 5.54. The molecular weight excluding hydrogens is 179 g/mol. The molecule has 4 nitrogen and oxygen atoms in total. The molecule has 1 aliphatic heterocycles. The number of aromatic nitrogens is 2. The number of para-hydroxylation sites is 2. The number of hydrogen-bond donors (Lipinski definition) is 1. The Balaban J connectivity index is 1.92. The Kier molecular flexibility index (Phi) is 1.50. The first-order valence-electron chi connectivity index (χ1n) is 4.35. The first-order chi connectivity index (χ1) is 6.93. The summed E-state index contributed by atoms with van der Waals surface area (Å²) in [5.74, 6) is 1.52. The molecule has 0 unspecified atom stereocenters. The van der Waals surface area contributed by atoms with E-state index < -0.39 is 7.12 Å². The van der Waals surface area contributed by atoms with Crippen molar-refractivity contribution in [1.29, 1.82) is 0 Å². The summed E-state index contributed by atoms with van der Waals surface area (Å²) in [5.41, 5.74) is 0.682. The smallest absolute Gasteiger partial charge is 0.517 e. The van der Waals surface area contributed by atoms with Crippen LogP contribution in [-0.2, 0) is 0 Å². The van der Waals surface area contributed by atoms with Gasteiger partial charge in [0.25, 0.3) is 0 Å². The van der Waals surface area contributed by atoms with Crippen molar-refractivity contribution in [2.24, 2.45) is 0 Å². The van der Waals surface area contributed by atoms with Crippen LogP contribution in [0.2, 0.25) is 0 Å². The number of H-pyrrole nitrogens is 1. The second-order valence-corrected chi connectivity index (χ2v) is 2.99.